The number of benzene rings is 3. The van der Waals surface area contributed by atoms with Gasteiger partial charge in [-0.15, -0.1) is 0 Å². The summed E-state index contributed by atoms with van der Waals surface area (Å²) in [6.45, 7) is 0. The van der Waals surface area contributed by atoms with E-state index in [0.717, 1.165) is 21.8 Å². The van der Waals surface area contributed by atoms with Crippen LogP contribution in [0, 0.1) is 0 Å². The Bertz CT molecular complexity index is 2220. The van der Waals surface area contributed by atoms with Gasteiger partial charge in [0.25, 0.3) is 0 Å². The maximum Gasteiger partial charge on any atom is 0.326 e. The summed E-state index contributed by atoms with van der Waals surface area (Å²) in [6, 6.07) is 13.5. The quantitative estimate of drug-likeness (QED) is 0.0544. The van der Waals surface area contributed by atoms with E-state index in [1.165, 1.54) is 36.0 Å². The number of hydrogen-bond donors (Lipinski definition) is 10. The highest BCUT2D eigenvalue weighted by molar-refractivity contribution is 7.98. The molecular formula is C40H45N7O9S. The van der Waals surface area contributed by atoms with Crippen LogP contribution in [-0.2, 0) is 48.0 Å². The monoisotopic (exact) mass is 799 g/mol. The fraction of sp³-hybridized carbons (Fsp3) is 0.300. The van der Waals surface area contributed by atoms with Gasteiger partial charge >= 0.3 is 11.9 Å². The van der Waals surface area contributed by atoms with Crippen LogP contribution < -0.4 is 27.0 Å². The Morgan fingerprint density at radius 1 is 0.649 bits per heavy atom. The average molecular weight is 800 g/mol. The number of thioether (sulfide) groups is 1. The Balaban J connectivity index is 1.39. The van der Waals surface area contributed by atoms with Gasteiger partial charge in [-0.1, -0.05) is 48.5 Å². The Labute approximate surface area is 331 Å². The lowest BCUT2D eigenvalue weighted by Gasteiger charge is -2.26. The van der Waals surface area contributed by atoms with E-state index in [1.807, 2.05) is 36.6 Å². The van der Waals surface area contributed by atoms with Gasteiger partial charge in [0.1, 0.15) is 29.9 Å². The number of fused-ring (bicyclic) bond motifs is 2. The van der Waals surface area contributed by atoms with E-state index in [0.29, 0.717) is 28.9 Å². The summed E-state index contributed by atoms with van der Waals surface area (Å²) in [7, 11) is 0. The average Bonchev–Trinajstić information content (AvgIpc) is 3.80. The molecule has 0 unspecified atom stereocenters. The van der Waals surface area contributed by atoms with Crippen molar-refractivity contribution < 1.29 is 44.1 Å². The number of aromatic nitrogens is 2. The molecule has 0 aliphatic rings. The first-order chi connectivity index (χ1) is 27.3. The van der Waals surface area contributed by atoms with E-state index in [1.54, 1.807) is 30.6 Å². The molecule has 17 heteroatoms. The molecule has 5 aromatic rings. The summed E-state index contributed by atoms with van der Waals surface area (Å²) in [5.41, 5.74) is 9.35. The number of carboxylic acids is 2. The highest BCUT2D eigenvalue weighted by Gasteiger charge is 2.34. The van der Waals surface area contributed by atoms with E-state index >= 15 is 0 Å². The number of carbonyl (C=O) groups is 6. The van der Waals surface area contributed by atoms with Crippen LogP contribution in [0.1, 0.15) is 29.5 Å². The van der Waals surface area contributed by atoms with Gasteiger partial charge in [-0.3, -0.25) is 24.0 Å². The standard InChI is InChI=1S/C40H45N7O9S/c1-57-15-14-28(41)36(51)44-31(16-22-10-12-25(48)13-11-22)37(52)46-33(19-35(49)50)39(54)45-32(17-23-20-42-29-8-4-2-6-26(23)29)38(53)47-34(40(55)56)18-24-21-43-30-9-5-3-7-27(24)30/h2-13,20-21,28,31-34,42-43,48H,14-19,41H2,1H3,(H,44,51)(H,45,54)(H,46,52)(H,47,53)(H,49,50)(H,55,56)/t28-,31-,32-,33-,34-/m0/s1. The number of nitrogens with two attached hydrogens (primary N) is 1. The van der Waals surface area contributed by atoms with Gasteiger partial charge in [0.05, 0.1) is 12.5 Å². The maximum absolute atomic E-state index is 14.0. The predicted octanol–water partition coefficient (Wildman–Crippen LogP) is 1.96. The van der Waals surface area contributed by atoms with Gasteiger partial charge in [0.2, 0.25) is 23.6 Å². The first-order valence-electron chi connectivity index (χ1n) is 18.1. The molecule has 0 saturated carbocycles. The zero-order chi connectivity index (χ0) is 41.1. The number of amides is 4. The van der Waals surface area contributed by atoms with E-state index < -0.39 is 72.2 Å². The van der Waals surface area contributed by atoms with Gasteiger partial charge in [0, 0.05) is 53.5 Å². The highest BCUT2D eigenvalue weighted by Crippen LogP contribution is 2.21. The largest absolute Gasteiger partial charge is 0.508 e. The second-order valence-electron chi connectivity index (χ2n) is 13.6. The number of para-hydroxylation sites is 2. The fourth-order valence-electron chi connectivity index (χ4n) is 6.38. The number of aromatic amines is 2. The van der Waals surface area contributed by atoms with E-state index in [4.69, 9.17) is 5.73 Å². The van der Waals surface area contributed by atoms with E-state index in [-0.39, 0.29) is 25.0 Å². The normalized spacial score (nSPS) is 13.9. The van der Waals surface area contributed by atoms with Crippen LogP contribution in [0.15, 0.2) is 85.2 Å². The molecule has 0 radical (unpaired) electrons. The van der Waals surface area contributed by atoms with Crippen LogP contribution >= 0.6 is 11.8 Å². The molecule has 4 amide bonds. The molecule has 3 aromatic carbocycles. The Morgan fingerprint density at radius 2 is 1.12 bits per heavy atom. The second-order valence-corrected chi connectivity index (χ2v) is 14.6. The number of phenolic OH excluding ortho intramolecular Hbond substituents is 1. The molecular weight excluding hydrogens is 755 g/mol. The lowest BCUT2D eigenvalue weighted by Crippen LogP contribution is -2.59. The van der Waals surface area contributed by atoms with Gasteiger partial charge in [-0.05, 0) is 59.4 Å². The second kappa shape index (κ2) is 19.5. The van der Waals surface area contributed by atoms with Gasteiger partial charge in [-0.2, -0.15) is 11.8 Å². The topological polar surface area (TPSA) is 269 Å². The number of carboxylic acid groups (broad SMARTS) is 2. The number of nitrogens with one attached hydrogen (secondary N) is 6. The van der Waals surface area contributed by atoms with Crippen LogP contribution in [0.25, 0.3) is 21.8 Å². The molecule has 2 aromatic heterocycles. The molecule has 0 aliphatic heterocycles. The van der Waals surface area contributed by atoms with Crippen LogP contribution in [0.2, 0.25) is 0 Å². The number of phenols is 1. The Morgan fingerprint density at radius 3 is 1.67 bits per heavy atom. The molecule has 0 spiro atoms. The van der Waals surface area contributed by atoms with Crippen molar-refractivity contribution in [3.8, 4) is 5.75 Å². The number of rotatable bonds is 20. The molecule has 0 saturated heterocycles. The molecule has 300 valence electrons. The summed E-state index contributed by atoms with van der Waals surface area (Å²) in [5.74, 6) is -5.67. The first kappa shape index (κ1) is 41.8. The Hall–Kier alpha value is -6.33. The third kappa shape index (κ3) is 11.4. The summed E-state index contributed by atoms with van der Waals surface area (Å²) < 4.78 is 0. The molecule has 0 fully saturated rings. The van der Waals surface area contributed by atoms with Crippen LogP contribution in [-0.4, -0.2) is 103 Å². The van der Waals surface area contributed by atoms with Crippen molar-refractivity contribution in [2.75, 3.05) is 12.0 Å². The van der Waals surface area contributed by atoms with Crippen molar-refractivity contribution in [2.24, 2.45) is 5.73 Å². The van der Waals surface area contributed by atoms with Crippen molar-refractivity contribution in [3.63, 3.8) is 0 Å². The minimum Gasteiger partial charge on any atom is -0.508 e. The van der Waals surface area contributed by atoms with Gasteiger partial charge < -0.3 is 52.3 Å². The molecule has 11 N–H and O–H groups in total. The summed E-state index contributed by atoms with van der Waals surface area (Å²) in [6.07, 6.45) is 4.24. The molecule has 16 nitrogen and oxygen atoms in total. The van der Waals surface area contributed by atoms with E-state index in [2.05, 4.69) is 31.2 Å². The SMILES string of the molecule is CSCC[C@H](N)C(=O)N[C@@H](Cc1ccc(O)cc1)C(=O)N[C@@H](CC(=O)O)C(=O)N[C@@H](Cc1c[nH]c2ccccc12)C(=O)N[C@@H](Cc1c[nH]c2ccccc12)C(=O)O. The first-order valence-corrected chi connectivity index (χ1v) is 19.5. The van der Waals surface area contributed by atoms with Crippen LogP contribution in [0.5, 0.6) is 5.75 Å². The number of H-pyrrole nitrogens is 2. The third-order valence-electron chi connectivity index (χ3n) is 9.44. The number of hydrogen-bond acceptors (Lipinski definition) is 9. The van der Waals surface area contributed by atoms with Gasteiger partial charge in [0.15, 0.2) is 0 Å². The number of aromatic hydroxyl groups is 1. The van der Waals surface area contributed by atoms with Crippen LogP contribution in [0.3, 0.4) is 0 Å². The molecule has 2 heterocycles. The molecule has 5 atom stereocenters. The summed E-state index contributed by atoms with van der Waals surface area (Å²) >= 11 is 1.48. The van der Waals surface area contributed by atoms with Crippen LogP contribution in [0.4, 0.5) is 0 Å². The van der Waals surface area contributed by atoms with Crippen molar-refractivity contribution in [2.45, 2.75) is 62.3 Å². The number of aliphatic carboxylic acids is 2. The zero-order valence-electron chi connectivity index (χ0n) is 31.0. The molecule has 0 aliphatic carbocycles. The van der Waals surface area contributed by atoms with Crippen molar-refractivity contribution in [1.29, 1.82) is 0 Å². The zero-order valence-corrected chi connectivity index (χ0v) is 31.8. The van der Waals surface area contributed by atoms with Gasteiger partial charge in [-0.25, -0.2) is 4.79 Å². The minimum atomic E-state index is -1.74. The molecule has 57 heavy (non-hydrogen) atoms. The minimum absolute atomic E-state index is 0.0278. The maximum atomic E-state index is 14.0. The summed E-state index contributed by atoms with van der Waals surface area (Å²) in [4.78, 5) is 85.6. The van der Waals surface area contributed by atoms with E-state index in [9.17, 15) is 44.1 Å². The fourth-order valence-corrected chi connectivity index (χ4v) is 6.87. The Kier molecular flexibility index (Phi) is 14.3. The van der Waals surface area contributed by atoms with Crippen molar-refractivity contribution >= 4 is 69.1 Å². The lowest BCUT2D eigenvalue weighted by molar-refractivity contribution is -0.143. The predicted molar refractivity (Wildman–Crippen MR) is 214 cm³/mol. The third-order valence-corrected chi connectivity index (χ3v) is 10.1. The molecule has 0 bridgehead atoms. The smallest absolute Gasteiger partial charge is 0.326 e. The van der Waals surface area contributed by atoms with Crippen molar-refractivity contribution in [3.05, 3.63) is 102 Å². The number of carbonyl (C=O) groups excluding carboxylic acids is 4. The lowest BCUT2D eigenvalue weighted by atomic mass is 10.0. The summed E-state index contributed by atoms with van der Waals surface area (Å²) in [5, 5.41) is 41.4. The highest BCUT2D eigenvalue weighted by atomic mass is 32.2. The molecule has 5 rings (SSSR count). The van der Waals surface area contributed by atoms with Crippen molar-refractivity contribution in [1.82, 2.24) is 31.2 Å².